The molecule has 1 unspecified atom stereocenters. The molecule has 0 aliphatic rings. The fourth-order valence-corrected chi connectivity index (χ4v) is 1.33. The minimum atomic E-state index is -0.587. The summed E-state index contributed by atoms with van der Waals surface area (Å²) >= 11 is 3.27. The zero-order chi connectivity index (χ0) is 11.3. The number of carbonyl (C=O) groups is 1. The van der Waals surface area contributed by atoms with Crippen molar-refractivity contribution in [2.45, 2.75) is 12.5 Å². The normalized spacial score (nSPS) is 11.9. The third-order valence-electron chi connectivity index (χ3n) is 1.76. The molecule has 0 aromatic carbocycles. The van der Waals surface area contributed by atoms with Crippen molar-refractivity contribution in [1.82, 2.24) is 4.98 Å². The minimum absolute atomic E-state index is 0.269. The number of nitrogens with one attached hydrogen (secondary N) is 1. The summed E-state index contributed by atoms with van der Waals surface area (Å²) in [6.45, 7) is 3.52. The lowest BCUT2D eigenvalue weighted by atomic mass is 10.2. The number of nitrogens with zero attached hydrogens (tertiary/aromatic N) is 1. The molecule has 4 nitrogen and oxygen atoms in total. The largest absolute Gasteiger partial charge is 0.320 e. The molecule has 80 valence electrons. The first kappa shape index (κ1) is 11.9. The summed E-state index contributed by atoms with van der Waals surface area (Å²) in [6.07, 6.45) is 3.65. The number of pyridine rings is 1. The summed E-state index contributed by atoms with van der Waals surface area (Å²) in [6, 6.07) is 2.97. The molecule has 0 radical (unpaired) electrons. The standard InChI is InChI=1S/C10H12BrN3O/c1-2-4-8(12)10(15)14-9-7(11)5-3-6-13-9/h2-3,5-6,8H,1,4,12H2,(H,13,14,15). The first-order valence-electron chi connectivity index (χ1n) is 4.43. The van der Waals surface area contributed by atoms with Gasteiger partial charge in [0.15, 0.2) is 0 Å². The van der Waals surface area contributed by atoms with Crippen LogP contribution in [0.15, 0.2) is 35.5 Å². The van der Waals surface area contributed by atoms with E-state index in [1.807, 2.05) is 0 Å². The van der Waals surface area contributed by atoms with Gasteiger partial charge in [0.05, 0.1) is 10.5 Å². The van der Waals surface area contributed by atoms with Crippen LogP contribution in [0.25, 0.3) is 0 Å². The van der Waals surface area contributed by atoms with Crippen molar-refractivity contribution in [3.8, 4) is 0 Å². The van der Waals surface area contributed by atoms with Gasteiger partial charge < -0.3 is 11.1 Å². The van der Waals surface area contributed by atoms with Gasteiger partial charge in [0.1, 0.15) is 5.82 Å². The molecular weight excluding hydrogens is 258 g/mol. The van der Waals surface area contributed by atoms with E-state index in [4.69, 9.17) is 5.73 Å². The average Bonchev–Trinajstić information content (AvgIpc) is 2.21. The summed E-state index contributed by atoms with van der Waals surface area (Å²) in [5, 5.41) is 2.63. The maximum atomic E-state index is 11.5. The third kappa shape index (κ3) is 3.45. The van der Waals surface area contributed by atoms with Gasteiger partial charge in [-0.1, -0.05) is 6.08 Å². The second-order valence-electron chi connectivity index (χ2n) is 2.95. The zero-order valence-corrected chi connectivity index (χ0v) is 9.70. The Morgan fingerprint density at radius 3 is 3.13 bits per heavy atom. The number of hydrogen-bond acceptors (Lipinski definition) is 3. The molecule has 1 amide bonds. The molecule has 1 atom stereocenters. The summed E-state index contributed by atoms with van der Waals surface area (Å²) in [5.74, 6) is 0.205. The Labute approximate surface area is 96.7 Å². The predicted molar refractivity (Wildman–Crippen MR) is 63.4 cm³/mol. The molecule has 5 heteroatoms. The number of aromatic nitrogens is 1. The van der Waals surface area contributed by atoms with Crippen molar-refractivity contribution in [2.24, 2.45) is 5.73 Å². The van der Waals surface area contributed by atoms with E-state index in [9.17, 15) is 4.79 Å². The fourth-order valence-electron chi connectivity index (χ4n) is 0.974. The summed E-state index contributed by atoms with van der Waals surface area (Å²) in [7, 11) is 0. The van der Waals surface area contributed by atoms with Crippen molar-refractivity contribution in [3.63, 3.8) is 0 Å². The number of carbonyl (C=O) groups excluding carboxylic acids is 1. The smallest absolute Gasteiger partial charge is 0.242 e. The first-order valence-corrected chi connectivity index (χ1v) is 5.22. The highest BCUT2D eigenvalue weighted by molar-refractivity contribution is 9.10. The topological polar surface area (TPSA) is 68.0 Å². The van der Waals surface area contributed by atoms with Crippen molar-refractivity contribution in [2.75, 3.05) is 5.32 Å². The van der Waals surface area contributed by atoms with E-state index in [2.05, 4.69) is 32.8 Å². The average molecular weight is 270 g/mol. The van der Waals surface area contributed by atoms with Gasteiger partial charge in [-0.05, 0) is 34.5 Å². The Morgan fingerprint density at radius 1 is 1.80 bits per heavy atom. The molecular formula is C10H12BrN3O. The quantitative estimate of drug-likeness (QED) is 0.818. The van der Waals surface area contributed by atoms with Gasteiger partial charge in [0.2, 0.25) is 5.91 Å². The number of amides is 1. The van der Waals surface area contributed by atoms with Crippen LogP contribution >= 0.6 is 15.9 Å². The molecule has 0 aliphatic heterocycles. The van der Waals surface area contributed by atoms with Gasteiger partial charge in [0.25, 0.3) is 0 Å². The molecule has 1 aromatic heterocycles. The van der Waals surface area contributed by atoms with Crippen molar-refractivity contribution in [3.05, 3.63) is 35.5 Å². The second-order valence-corrected chi connectivity index (χ2v) is 3.81. The van der Waals surface area contributed by atoms with Crippen LogP contribution in [0.3, 0.4) is 0 Å². The molecule has 1 aromatic rings. The van der Waals surface area contributed by atoms with Gasteiger partial charge >= 0.3 is 0 Å². The molecule has 0 spiro atoms. The van der Waals surface area contributed by atoms with Crippen LogP contribution in [0, 0.1) is 0 Å². The van der Waals surface area contributed by atoms with Gasteiger partial charge in [-0.25, -0.2) is 4.98 Å². The fraction of sp³-hybridized carbons (Fsp3) is 0.200. The molecule has 3 N–H and O–H groups in total. The Morgan fingerprint density at radius 2 is 2.53 bits per heavy atom. The molecule has 0 bridgehead atoms. The highest BCUT2D eigenvalue weighted by atomic mass is 79.9. The highest BCUT2D eigenvalue weighted by Gasteiger charge is 2.13. The van der Waals surface area contributed by atoms with Gasteiger partial charge in [-0.3, -0.25) is 4.79 Å². The lowest BCUT2D eigenvalue weighted by Crippen LogP contribution is -2.35. The Bertz CT molecular complexity index is 367. The molecule has 1 rings (SSSR count). The Kier molecular flexibility index (Phi) is 4.45. The lowest BCUT2D eigenvalue weighted by molar-refractivity contribution is -0.117. The first-order chi connectivity index (χ1) is 7.15. The maximum Gasteiger partial charge on any atom is 0.242 e. The number of halogens is 1. The maximum absolute atomic E-state index is 11.5. The van der Waals surface area contributed by atoms with E-state index in [1.54, 1.807) is 24.4 Å². The van der Waals surface area contributed by atoms with Crippen LogP contribution < -0.4 is 11.1 Å². The Balaban J connectivity index is 2.66. The van der Waals surface area contributed by atoms with Crippen LogP contribution in [0.4, 0.5) is 5.82 Å². The van der Waals surface area contributed by atoms with Crippen LogP contribution in [0.2, 0.25) is 0 Å². The van der Waals surface area contributed by atoms with Gasteiger partial charge in [0, 0.05) is 6.20 Å². The van der Waals surface area contributed by atoms with E-state index in [1.165, 1.54) is 0 Å². The van der Waals surface area contributed by atoms with Gasteiger partial charge in [-0.15, -0.1) is 6.58 Å². The molecule has 0 saturated carbocycles. The number of anilines is 1. The predicted octanol–water partition coefficient (Wildman–Crippen LogP) is 1.69. The summed E-state index contributed by atoms with van der Waals surface area (Å²) in [4.78, 5) is 15.5. The van der Waals surface area contributed by atoms with E-state index >= 15 is 0 Å². The zero-order valence-electron chi connectivity index (χ0n) is 8.11. The number of hydrogen-bond donors (Lipinski definition) is 2. The molecule has 15 heavy (non-hydrogen) atoms. The number of nitrogens with two attached hydrogens (primary N) is 1. The van der Waals surface area contributed by atoms with Crippen LogP contribution in [0.1, 0.15) is 6.42 Å². The lowest BCUT2D eigenvalue weighted by Gasteiger charge is -2.10. The van der Waals surface area contributed by atoms with Crippen LogP contribution in [-0.4, -0.2) is 16.9 Å². The third-order valence-corrected chi connectivity index (χ3v) is 2.40. The second kappa shape index (κ2) is 5.63. The molecule has 0 fully saturated rings. The van der Waals surface area contributed by atoms with Crippen LogP contribution in [0.5, 0.6) is 0 Å². The molecule has 0 aliphatic carbocycles. The Hall–Kier alpha value is -1.20. The SMILES string of the molecule is C=CCC(N)C(=O)Nc1ncccc1Br. The monoisotopic (exact) mass is 269 g/mol. The van der Waals surface area contributed by atoms with E-state index in [0.717, 1.165) is 4.47 Å². The van der Waals surface area contributed by atoms with Gasteiger partial charge in [-0.2, -0.15) is 0 Å². The highest BCUT2D eigenvalue weighted by Crippen LogP contribution is 2.18. The van der Waals surface area contributed by atoms with Crippen molar-refractivity contribution in [1.29, 1.82) is 0 Å². The van der Waals surface area contributed by atoms with E-state index in [0.29, 0.717) is 12.2 Å². The van der Waals surface area contributed by atoms with Crippen molar-refractivity contribution < 1.29 is 4.79 Å². The number of rotatable bonds is 4. The van der Waals surface area contributed by atoms with E-state index in [-0.39, 0.29) is 5.91 Å². The summed E-state index contributed by atoms with van der Waals surface area (Å²) in [5.41, 5.74) is 5.60. The van der Waals surface area contributed by atoms with Crippen molar-refractivity contribution >= 4 is 27.7 Å². The molecule has 1 heterocycles. The van der Waals surface area contributed by atoms with E-state index < -0.39 is 6.04 Å². The molecule has 0 saturated heterocycles. The van der Waals surface area contributed by atoms with Crippen LogP contribution in [-0.2, 0) is 4.79 Å². The minimum Gasteiger partial charge on any atom is -0.320 e. The summed E-state index contributed by atoms with van der Waals surface area (Å²) < 4.78 is 0.726.